The number of carbonyl (C=O) groups excluding carboxylic acids is 2. The van der Waals surface area contributed by atoms with Gasteiger partial charge in [-0.3, -0.25) is 9.59 Å². The van der Waals surface area contributed by atoms with Gasteiger partial charge in [-0.1, -0.05) is 36.4 Å². The zero-order valence-corrected chi connectivity index (χ0v) is 17.2. The zero-order valence-electron chi connectivity index (χ0n) is 17.2. The molecular weight excluding hydrogens is 360 g/mol. The number of nitrogens with one attached hydrogen (secondary N) is 1. The lowest BCUT2D eigenvalue weighted by atomic mass is 9.49. The molecule has 4 aliphatic carbocycles. The second-order valence-corrected chi connectivity index (χ2v) is 9.81. The molecule has 6 rings (SSSR count). The van der Waals surface area contributed by atoms with Gasteiger partial charge in [-0.2, -0.15) is 0 Å². The van der Waals surface area contributed by atoms with Crippen LogP contribution >= 0.6 is 0 Å². The minimum absolute atomic E-state index is 0.0313. The number of hydrogen-bond acceptors (Lipinski definition) is 2. The molecule has 0 saturated heterocycles. The largest absolute Gasteiger partial charge is 0.347 e. The fourth-order valence-corrected chi connectivity index (χ4v) is 6.57. The van der Waals surface area contributed by atoms with E-state index in [2.05, 4.69) is 35.6 Å². The predicted octanol–water partition coefficient (Wildman–Crippen LogP) is 4.13. The van der Waals surface area contributed by atoms with Crippen molar-refractivity contribution in [2.45, 2.75) is 45.1 Å². The standard InChI is InChI=1S/C25H30N2O2/c1-27(16-17-6-7-21-4-2-3-5-22(21)11-17)23(28)15-26-24(29)25-12-18-8-19(13-25)10-20(9-18)14-25/h2-7,11,18-20H,8-10,12-16H2,1H3,(H,26,29). The van der Waals surface area contributed by atoms with Crippen LogP contribution in [0.3, 0.4) is 0 Å². The molecule has 4 nitrogen and oxygen atoms in total. The van der Waals surface area contributed by atoms with Crippen LogP contribution in [0.25, 0.3) is 10.8 Å². The summed E-state index contributed by atoms with van der Waals surface area (Å²) in [5.41, 5.74) is 0.915. The highest BCUT2D eigenvalue weighted by Gasteiger charge is 2.54. The van der Waals surface area contributed by atoms with Crippen LogP contribution in [0, 0.1) is 23.2 Å². The van der Waals surface area contributed by atoms with Crippen LogP contribution in [0.1, 0.15) is 44.1 Å². The smallest absolute Gasteiger partial charge is 0.242 e. The van der Waals surface area contributed by atoms with Crippen molar-refractivity contribution in [1.29, 1.82) is 0 Å². The highest BCUT2D eigenvalue weighted by Crippen LogP contribution is 2.60. The van der Waals surface area contributed by atoms with E-state index < -0.39 is 0 Å². The van der Waals surface area contributed by atoms with Gasteiger partial charge in [0, 0.05) is 19.0 Å². The van der Waals surface area contributed by atoms with Gasteiger partial charge >= 0.3 is 0 Å². The van der Waals surface area contributed by atoms with Gasteiger partial charge in [-0.15, -0.1) is 0 Å². The molecule has 0 aromatic heterocycles. The van der Waals surface area contributed by atoms with E-state index in [4.69, 9.17) is 0 Å². The Bertz CT molecular complexity index is 915. The normalized spacial score (nSPS) is 29.8. The summed E-state index contributed by atoms with van der Waals surface area (Å²) in [6.45, 7) is 0.654. The quantitative estimate of drug-likeness (QED) is 0.834. The molecule has 4 aliphatic rings. The van der Waals surface area contributed by atoms with Crippen LogP contribution in [0.15, 0.2) is 42.5 Å². The Balaban J connectivity index is 1.18. The van der Waals surface area contributed by atoms with E-state index >= 15 is 0 Å². The van der Waals surface area contributed by atoms with Crippen molar-refractivity contribution < 1.29 is 9.59 Å². The first-order valence-corrected chi connectivity index (χ1v) is 11.0. The van der Waals surface area contributed by atoms with Crippen molar-refractivity contribution in [2.24, 2.45) is 23.2 Å². The zero-order chi connectivity index (χ0) is 20.0. The van der Waals surface area contributed by atoms with Gasteiger partial charge in [0.25, 0.3) is 0 Å². The molecule has 0 atom stereocenters. The number of likely N-dealkylation sites (N-methyl/N-ethyl adjacent to an activating group) is 1. The minimum atomic E-state index is -0.189. The summed E-state index contributed by atoms with van der Waals surface area (Å²) >= 11 is 0. The molecule has 2 amide bonds. The summed E-state index contributed by atoms with van der Waals surface area (Å²) < 4.78 is 0. The lowest BCUT2D eigenvalue weighted by molar-refractivity contribution is -0.147. The van der Waals surface area contributed by atoms with Gasteiger partial charge in [0.1, 0.15) is 0 Å². The molecule has 1 N–H and O–H groups in total. The Morgan fingerprint density at radius 2 is 1.59 bits per heavy atom. The first kappa shape index (κ1) is 18.7. The van der Waals surface area contributed by atoms with E-state index in [1.54, 1.807) is 4.90 Å². The average molecular weight is 391 g/mol. The summed E-state index contributed by atoms with van der Waals surface area (Å²) in [6.07, 6.45) is 7.06. The number of hydrogen-bond donors (Lipinski definition) is 1. The molecule has 0 spiro atoms. The maximum Gasteiger partial charge on any atom is 0.242 e. The van der Waals surface area contributed by atoms with Gasteiger partial charge < -0.3 is 10.2 Å². The van der Waals surface area contributed by atoms with Crippen molar-refractivity contribution in [1.82, 2.24) is 10.2 Å². The fraction of sp³-hybridized carbons (Fsp3) is 0.520. The number of benzene rings is 2. The van der Waals surface area contributed by atoms with Crippen LogP contribution < -0.4 is 5.32 Å². The number of rotatable bonds is 5. The van der Waals surface area contributed by atoms with Crippen LogP contribution in [-0.4, -0.2) is 30.3 Å². The number of amides is 2. The summed E-state index contributed by atoms with van der Waals surface area (Å²) in [6, 6.07) is 14.5. The van der Waals surface area contributed by atoms with Crippen LogP contribution in [-0.2, 0) is 16.1 Å². The van der Waals surface area contributed by atoms with Gasteiger partial charge in [0.05, 0.1) is 6.54 Å². The molecule has 152 valence electrons. The highest BCUT2D eigenvalue weighted by molar-refractivity contribution is 5.88. The third kappa shape index (κ3) is 3.54. The van der Waals surface area contributed by atoms with E-state index in [-0.39, 0.29) is 23.8 Å². The van der Waals surface area contributed by atoms with E-state index in [0.717, 1.165) is 42.6 Å². The molecule has 2 aromatic rings. The molecule has 4 bridgehead atoms. The second-order valence-electron chi connectivity index (χ2n) is 9.81. The average Bonchev–Trinajstić information content (AvgIpc) is 2.70. The Labute approximate surface area is 172 Å². The maximum absolute atomic E-state index is 13.0. The molecule has 0 aliphatic heterocycles. The molecule has 0 radical (unpaired) electrons. The van der Waals surface area contributed by atoms with E-state index in [9.17, 15) is 9.59 Å². The van der Waals surface area contributed by atoms with Gasteiger partial charge in [0.2, 0.25) is 11.8 Å². The van der Waals surface area contributed by atoms with Crippen molar-refractivity contribution in [3.05, 3.63) is 48.0 Å². The van der Waals surface area contributed by atoms with Crippen molar-refractivity contribution >= 4 is 22.6 Å². The first-order valence-electron chi connectivity index (χ1n) is 11.0. The molecule has 29 heavy (non-hydrogen) atoms. The molecule has 4 saturated carbocycles. The SMILES string of the molecule is CN(Cc1ccc2ccccc2c1)C(=O)CNC(=O)C12CC3CC(CC(C3)C1)C2. The van der Waals surface area contributed by atoms with Gasteiger partial charge in [-0.25, -0.2) is 0 Å². The molecule has 4 heteroatoms. The topological polar surface area (TPSA) is 49.4 Å². The molecule has 0 unspecified atom stereocenters. The molecular formula is C25H30N2O2. The Hall–Kier alpha value is -2.36. The maximum atomic E-state index is 13.0. The summed E-state index contributed by atoms with van der Waals surface area (Å²) in [7, 11) is 1.81. The number of carbonyl (C=O) groups is 2. The monoisotopic (exact) mass is 390 g/mol. The van der Waals surface area contributed by atoms with Crippen molar-refractivity contribution in [3.63, 3.8) is 0 Å². The van der Waals surface area contributed by atoms with Crippen molar-refractivity contribution in [3.8, 4) is 0 Å². The fourth-order valence-electron chi connectivity index (χ4n) is 6.57. The van der Waals surface area contributed by atoms with Crippen molar-refractivity contribution in [2.75, 3.05) is 13.6 Å². The van der Waals surface area contributed by atoms with E-state index in [1.165, 1.54) is 30.0 Å². The predicted molar refractivity (Wildman–Crippen MR) is 114 cm³/mol. The third-order valence-corrected chi connectivity index (χ3v) is 7.58. The summed E-state index contributed by atoms with van der Waals surface area (Å²) in [5, 5.41) is 5.39. The van der Waals surface area contributed by atoms with E-state index in [0.29, 0.717) is 6.54 Å². The lowest BCUT2D eigenvalue weighted by Crippen LogP contribution is -2.54. The minimum Gasteiger partial charge on any atom is -0.347 e. The third-order valence-electron chi connectivity index (χ3n) is 7.58. The van der Waals surface area contributed by atoms with Gasteiger partial charge in [0.15, 0.2) is 0 Å². The first-order chi connectivity index (χ1) is 14.0. The van der Waals surface area contributed by atoms with Crippen LogP contribution in [0.2, 0.25) is 0 Å². The van der Waals surface area contributed by atoms with Gasteiger partial charge in [-0.05, 0) is 78.7 Å². The lowest BCUT2D eigenvalue weighted by Gasteiger charge is -2.55. The van der Waals surface area contributed by atoms with Crippen LogP contribution in [0.4, 0.5) is 0 Å². The molecule has 2 aromatic carbocycles. The molecule has 4 fully saturated rings. The Morgan fingerprint density at radius 3 is 2.24 bits per heavy atom. The van der Waals surface area contributed by atoms with E-state index in [1.807, 2.05) is 19.2 Å². The highest BCUT2D eigenvalue weighted by atomic mass is 16.2. The Morgan fingerprint density at radius 1 is 0.966 bits per heavy atom. The second kappa shape index (κ2) is 7.16. The van der Waals surface area contributed by atoms with Crippen LogP contribution in [0.5, 0.6) is 0 Å². The summed E-state index contributed by atoms with van der Waals surface area (Å²) in [4.78, 5) is 27.4. The Kier molecular flexibility index (Phi) is 4.60. The number of fused-ring (bicyclic) bond motifs is 1. The number of nitrogens with zero attached hydrogens (tertiary/aromatic N) is 1. The molecule has 0 heterocycles. The summed E-state index contributed by atoms with van der Waals surface area (Å²) in [5.74, 6) is 2.30.